The van der Waals surface area contributed by atoms with Crippen LogP contribution in [0.1, 0.15) is 5.69 Å². The smallest absolute Gasteiger partial charge is 0.144 e. The van der Waals surface area contributed by atoms with Crippen LogP contribution in [0.15, 0.2) is 168 Å². The lowest BCUT2D eigenvalue weighted by molar-refractivity contribution is 0.671. The van der Waals surface area contributed by atoms with Gasteiger partial charge in [0.1, 0.15) is 11.2 Å². The summed E-state index contributed by atoms with van der Waals surface area (Å²) in [4.78, 5) is 10.0. The van der Waals surface area contributed by atoms with Crippen molar-refractivity contribution in [2.24, 2.45) is 0 Å². The molecule has 50 heavy (non-hydrogen) atoms. The summed E-state index contributed by atoms with van der Waals surface area (Å²) in [6, 6.07) is 57.8. The molecule has 10 rings (SSSR count). The number of para-hydroxylation sites is 2. The molecular formula is C47H30N2O. The van der Waals surface area contributed by atoms with Gasteiger partial charge in [-0.1, -0.05) is 121 Å². The van der Waals surface area contributed by atoms with Crippen LogP contribution in [-0.2, 0) is 0 Å². The van der Waals surface area contributed by atoms with Crippen molar-refractivity contribution in [3.8, 4) is 44.9 Å². The number of nitrogens with zero attached hydrogens (tertiary/aromatic N) is 2. The number of benzene rings is 7. The van der Waals surface area contributed by atoms with Crippen molar-refractivity contribution in [1.29, 1.82) is 0 Å². The lowest BCUT2D eigenvalue weighted by atomic mass is 9.91. The summed E-state index contributed by atoms with van der Waals surface area (Å²) < 4.78 is 6.71. The fourth-order valence-corrected chi connectivity index (χ4v) is 7.59. The molecule has 7 aromatic carbocycles. The van der Waals surface area contributed by atoms with Crippen LogP contribution in [0.4, 0.5) is 0 Å². The van der Waals surface area contributed by atoms with E-state index in [0.29, 0.717) is 0 Å². The van der Waals surface area contributed by atoms with Crippen molar-refractivity contribution < 1.29 is 4.42 Å². The number of pyridine rings is 2. The van der Waals surface area contributed by atoms with Gasteiger partial charge in [0.15, 0.2) is 0 Å². The summed E-state index contributed by atoms with van der Waals surface area (Å²) in [5, 5.41) is 9.56. The van der Waals surface area contributed by atoms with E-state index in [-0.39, 0.29) is 0 Å². The molecule has 0 aliphatic heterocycles. The third-order valence-electron chi connectivity index (χ3n) is 9.95. The van der Waals surface area contributed by atoms with E-state index in [1.54, 1.807) is 0 Å². The summed E-state index contributed by atoms with van der Waals surface area (Å²) in [6.45, 7) is 2.04. The fourth-order valence-electron chi connectivity index (χ4n) is 7.59. The van der Waals surface area contributed by atoms with E-state index >= 15 is 0 Å². The second kappa shape index (κ2) is 11.3. The molecule has 0 atom stereocenters. The Balaban J connectivity index is 1.12. The minimum absolute atomic E-state index is 0.853. The predicted octanol–water partition coefficient (Wildman–Crippen LogP) is 12.8. The Morgan fingerprint density at radius 2 is 0.840 bits per heavy atom. The molecule has 0 saturated carbocycles. The summed E-state index contributed by atoms with van der Waals surface area (Å²) in [7, 11) is 0. The maximum atomic E-state index is 6.71. The van der Waals surface area contributed by atoms with Gasteiger partial charge in [0.05, 0.1) is 17.1 Å². The Kier molecular flexibility index (Phi) is 6.40. The van der Waals surface area contributed by atoms with Crippen LogP contribution in [0, 0.1) is 6.92 Å². The molecule has 0 unspecified atom stereocenters. The van der Waals surface area contributed by atoms with Crippen LogP contribution >= 0.6 is 0 Å². The van der Waals surface area contributed by atoms with Crippen molar-refractivity contribution in [3.05, 3.63) is 169 Å². The highest BCUT2D eigenvalue weighted by Crippen LogP contribution is 2.41. The fraction of sp³-hybridized carbons (Fsp3) is 0.0213. The number of aryl methyl sites for hydroxylation is 1. The van der Waals surface area contributed by atoms with Gasteiger partial charge in [-0.2, -0.15) is 0 Å². The minimum atomic E-state index is 0.853. The molecule has 0 fully saturated rings. The third kappa shape index (κ3) is 4.52. The van der Waals surface area contributed by atoms with Crippen LogP contribution in [0.3, 0.4) is 0 Å². The average Bonchev–Trinajstić information content (AvgIpc) is 3.57. The molecule has 0 radical (unpaired) electrons. The topological polar surface area (TPSA) is 38.9 Å². The van der Waals surface area contributed by atoms with Crippen molar-refractivity contribution in [3.63, 3.8) is 0 Å². The maximum Gasteiger partial charge on any atom is 0.144 e. The second-order valence-electron chi connectivity index (χ2n) is 13.0. The monoisotopic (exact) mass is 638 g/mol. The molecule has 0 bridgehead atoms. The molecule has 0 amide bonds. The minimum Gasteiger partial charge on any atom is -0.455 e. The molecular weight excluding hydrogens is 609 g/mol. The lowest BCUT2D eigenvalue weighted by Gasteiger charge is -2.13. The van der Waals surface area contributed by atoms with E-state index in [0.717, 1.165) is 72.5 Å². The van der Waals surface area contributed by atoms with E-state index in [1.807, 2.05) is 19.1 Å². The van der Waals surface area contributed by atoms with Gasteiger partial charge < -0.3 is 4.42 Å². The molecule has 0 spiro atoms. The normalized spacial score (nSPS) is 11.7. The largest absolute Gasteiger partial charge is 0.455 e. The molecule has 0 saturated heterocycles. The van der Waals surface area contributed by atoms with E-state index in [1.165, 1.54) is 32.3 Å². The molecule has 3 heteroatoms. The molecule has 3 heterocycles. The van der Waals surface area contributed by atoms with Gasteiger partial charge in [0, 0.05) is 38.7 Å². The van der Waals surface area contributed by atoms with Crippen LogP contribution in [-0.4, -0.2) is 9.97 Å². The first-order chi connectivity index (χ1) is 24.7. The second-order valence-corrected chi connectivity index (χ2v) is 13.0. The molecule has 0 aliphatic carbocycles. The molecule has 0 aliphatic rings. The zero-order valence-electron chi connectivity index (χ0n) is 27.4. The van der Waals surface area contributed by atoms with Crippen LogP contribution < -0.4 is 0 Å². The quantitative estimate of drug-likeness (QED) is 0.180. The molecule has 10 aromatic rings. The van der Waals surface area contributed by atoms with Crippen molar-refractivity contribution in [2.75, 3.05) is 0 Å². The SMILES string of the molecule is Cc1cccc(-c2ccc3c4ccc(-c5cccc(-c6cccc7c6oc6c(-c8ccccc8)cccc67)n5)cc4c4ccccc4c3c2)n1. The van der Waals surface area contributed by atoms with Crippen molar-refractivity contribution >= 4 is 54.3 Å². The van der Waals surface area contributed by atoms with Crippen LogP contribution in [0.25, 0.3) is 99.2 Å². The number of hydrogen-bond acceptors (Lipinski definition) is 3. The number of fused-ring (bicyclic) bond motifs is 9. The molecule has 234 valence electrons. The highest BCUT2D eigenvalue weighted by molar-refractivity contribution is 6.26. The molecule has 3 aromatic heterocycles. The van der Waals surface area contributed by atoms with E-state index in [4.69, 9.17) is 14.4 Å². The Labute approximate surface area is 289 Å². The van der Waals surface area contributed by atoms with Gasteiger partial charge in [-0.15, -0.1) is 0 Å². The highest BCUT2D eigenvalue weighted by atomic mass is 16.3. The summed E-state index contributed by atoms with van der Waals surface area (Å²) in [5.74, 6) is 0. The molecule has 0 N–H and O–H groups in total. The maximum absolute atomic E-state index is 6.71. The Morgan fingerprint density at radius 1 is 0.340 bits per heavy atom. The standard InChI is InChI=1S/C47H30N2O/c1-29-11-7-20-43(48-29)31-23-25-36-37-26-24-32(28-42(37)35-15-6-5-14-34(35)41(36)27-31)44-21-10-22-45(49-44)40-19-9-18-39-38-17-8-16-33(46(38)50-47(39)40)30-12-3-2-4-13-30/h2-28H,1H3. The van der Waals surface area contributed by atoms with Gasteiger partial charge in [-0.05, 0) is 87.3 Å². The van der Waals surface area contributed by atoms with Gasteiger partial charge in [-0.25, -0.2) is 4.98 Å². The van der Waals surface area contributed by atoms with E-state index in [9.17, 15) is 0 Å². The Bertz CT molecular complexity index is 2920. The number of rotatable bonds is 4. The predicted molar refractivity (Wildman–Crippen MR) is 208 cm³/mol. The van der Waals surface area contributed by atoms with E-state index < -0.39 is 0 Å². The van der Waals surface area contributed by atoms with Gasteiger partial charge in [0.25, 0.3) is 0 Å². The Morgan fingerprint density at radius 3 is 1.50 bits per heavy atom. The summed E-state index contributed by atoms with van der Waals surface area (Å²) in [5.41, 5.74) is 11.0. The first kappa shape index (κ1) is 28.4. The first-order valence-electron chi connectivity index (χ1n) is 17.0. The van der Waals surface area contributed by atoms with Crippen LogP contribution in [0.5, 0.6) is 0 Å². The van der Waals surface area contributed by atoms with Crippen molar-refractivity contribution in [1.82, 2.24) is 9.97 Å². The van der Waals surface area contributed by atoms with Gasteiger partial charge in [0.2, 0.25) is 0 Å². The van der Waals surface area contributed by atoms with Gasteiger partial charge in [-0.3, -0.25) is 4.98 Å². The zero-order valence-corrected chi connectivity index (χ0v) is 27.4. The lowest BCUT2D eigenvalue weighted by Crippen LogP contribution is -1.90. The average molecular weight is 639 g/mol. The van der Waals surface area contributed by atoms with Crippen molar-refractivity contribution in [2.45, 2.75) is 6.92 Å². The zero-order chi connectivity index (χ0) is 33.2. The third-order valence-corrected chi connectivity index (χ3v) is 9.95. The first-order valence-corrected chi connectivity index (χ1v) is 17.0. The summed E-state index contributed by atoms with van der Waals surface area (Å²) >= 11 is 0. The Hall–Kier alpha value is -6.58. The summed E-state index contributed by atoms with van der Waals surface area (Å²) in [6.07, 6.45) is 0. The number of hydrogen-bond donors (Lipinski definition) is 0. The highest BCUT2D eigenvalue weighted by Gasteiger charge is 2.17. The number of furan rings is 1. The van der Waals surface area contributed by atoms with Gasteiger partial charge >= 0.3 is 0 Å². The van der Waals surface area contributed by atoms with Crippen LogP contribution in [0.2, 0.25) is 0 Å². The van der Waals surface area contributed by atoms with E-state index in [2.05, 4.69) is 152 Å². The molecule has 3 nitrogen and oxygen atoms in total. The number of aromatic nitrogens is 2.